The first kappa shape index (κ1) is 19.4. The molecule has 0 spiro atoms. The third kappa shape index (κ3) is 3.40. The fourth-order valence-electron chi connectivity index (χ4n) is 2.69. The summed E-state index contributed by atoms with van der Waals surface area (Å²) in [4.78, 5) is 12.3. The van der Waals surface area contributed by atoms with Gasteiger partial charge in [0.15, 0.2) is 0 Å². The third-order valence-corrected chi connectivity index (χ3v) is 9.57. The Morgan fingerprint density at radius 2 is 1.83 bits per heavy atom. The molecule has 1 heterocycles. The average Bonchev–Trinajstić information content (AvgIpc) is 2.85. The molecule has 0 amide bonds. The predicted octanol–water partition coefficient (Wildman–Crippen LogP) is 3.22. The van der Waals surface area contributed by atoms with Crippen molar-refractivity contribution in [3.8, 4) is 0 Å². The van der Waals surface area contributed by atoms with Crippen LogP contribution in [-0.4, -0.2) is 40.5 Å². The molecule has 5 nitrogen and oxygen atoms in total. The second-order valence-electron chi connectivity index (χ2n) is 5.51. The molecule has 0 fully saturated rings. The van der Waals surface area contributed by atoms with Gasteiger partial charge in [-0.05, 0) is 0 Å². The normalized spacial score (nSPS) is 21.2. The minimum absolute atomic E-state index is 0.210. The topological polar surface area (TPSA) is 61.8 Å². The van der Waals surface area contributed by atoms with Gasteiger partial charge >= 0.3 is 149 Å². The van der Waals surface area contributed by atoms with Gasteiger partial charge in [0, 0.05) is 0 Å². The molecule has 0 saturated carbocycles. The molecule has 0 N–H and O–H groups in total. The Morgan fingerprint density at radius 3 is 2.38 bits per heavy atom. The molecule has 1 aromatic rings. The van der Waals surface area contributed by atoms with Crippen LogP contribution in [0.1, 0.15) is 33.1 Å². The van der Waals surface area contributed by atoms with E-state index in [1.54, 1.807) is 6.92 Å². The van der Waals surface area contributed by atoms with Crippen LogP contribution in [0.15, 0.2) is 40.4 Å². The van der Waals surface area contributed by atoms with Gasteiger partial charge in [-0.3, -0.25) is 0 Å². The number of unbranched alkanes of at least 4 members (excludes halogenated alkanes) is 1. The first-order valence-corrected chi connectivity index (χ1v) is 11.1. The van der Waals surface area contributed by atoms with Crippen molar-refractivity contribution in [2.24, 2.45) is 0 Å². The summed E-state index contributed by atoms with van der Waals surface area (Å²) in [5.74, 6) is -0.437. The van der Waals surface area contributed by atoms with Gasteiger partial charge in [-0.1, -0.05) is 0 Å². The molecule has 132 valence electrons. The number of benzene rings is 1. The zero-order chi connectivity index (χ0) is 17.8. The second kappa shape index (κ2) is 7.99. The van der Waals surface area contributed by atoms with Crippen LogP contribution >= 0.6 is 7.60 Å². The Bertz CT molecular complexity index is 665. The molecule has 1 aliphatic heterocycles. The Balaban J connectivity index is 2.55. The van der Waals surface area contributed by atoms with Crippen molar-refractivity contribution in [2.45, 2.75) is 38.5 Å². The Labute approximate surface area is 149 Å². The van der Waals surface area contributed by atoms with Crippen molar-refractivity contribution in [1.82, 2.24) is 0 Å². The fourth-order valence-corrected chi connectivity index (χ4v) is 7.66. The van der Waals surface area contributed by atoms with Crippen LogP contribution in [0.2, 0.25) is 0 Å². The number of ether oxygens (including phenoxy) is 1. The van der Waals surface area contributed by atoms with Gasteiger partial charge in [-0.15, -0.1) is 0 Å². The number of hydrogen-bond acceptors (Lipinski definition) is 5. The maximum absolute atomic E-state index is 13.3. The number of hydrogen-bond donors (Lipinski definition) is 0. The fraction of sp³-hybridized carbons (Fsp3) is 0.471. The van der Waals surface area contributed by atoms with E-state index in [-0.39, 0.29) is 15.0 Å². The van der Waals surface area contributed by atoms with Gasteiger partial charge in [-0.25, -0.2) is 0 Å². The molecule has 1 aromatic carbocycles. The van der Waals surface area contributed by atoms with E-state index in [0.717, 1.165) is 21.8 Å². The van der Waals surface area contributed by atoms with Gasteiger partial charge in [0.25, 0.3) is 0 Å². The number of carbonyl (C=O) groups excluding carboxylic acids is 1. The van der Waals surface area contributed by atoms with Crippen molar-refractivity contribution in [3.05, 3.63) is 40.4 Å². The predicted molar refractivity (Wildman–Crippen MR) is 94.5 cm³/mol. The van der Waals surface area contributed by atoms with Crippen molar-refractivity contribution in [2.75, 3.05) is 14.2 Å². The van der Waals surface area contributed by atoms with E-state index >= 15 is 0 Å². The van der Waals surface area contributed by atoms with Gasteiger partial charge in [0.05, 0.1) is 0 Å². The van der Waals surface area contributed by atoms with Crippen LogP contribution in [0.4, 0.5) is 0 Å². The Morgan fingerprint density at radius 1 is 1.21 bits per heavy atom. The van der Waals surface area contributed by atoms with Crippen molar-refractivity contribution < 1.29 is 23.1 Å². The molecule has 0 radical (unpaired) electrons. The summed E-state index contributed by atoms with van der Waals surface area (Å²) in [6.07, 6.45) is 2.07. The number of carbonyl (C=O) groups is 1. The molecule has 2 rings (SSSR count). The Kier molecular flexibility index (Phi) is 6.46. The molecule has 0 bridgehead atoms. The second-order valence-corrected chi connectivity index (χ2v) is 10.2. The van der Waals surface area contributed by atoms with Crippen LogP contribution in [-0.2, 0) is 23.1 Å². The van der Waals surface area contributed by atoms with Crippen LogP contribution in [0, 0.1) is 0 Å². The summed E-state index contributed by atoms with van der Waals surface area (Å²) in [7, 11) is -0.963. The van der Waals surface area contributed by atoms with Gasteiger partial charge in [0.2, 0.25) is 0 Å². The summed E-state index contributed by atoms with van der Waals surface area (Å²) in [6.45, 7) is 3.76. The summed E-state index contributed by atoms with van der Waals surface area (Å²) < 4.78 is 31.4. The van der Waals surface area contributed by atoms with Crippen LogP contribution in [0.25, 0.3) is 0 Å². The van der Waals surface area contributed by atoms with Crippen molar-refractivity contribution >= 4 is 33.0 Å². The standard InChI is InChI=1S/C17H23O5PSe/c1-5-6-12-17(23(19,20-3)21-4)15(13(2)16(18)22-17)24-14-10-8-7-9-11-14/h7-11H,5-6,12H2,1-4H3. The third-order valence-electron chi connectivity index (χ3n) is 4.02. The van der Waals surface area contributed by atoms with Gasteiger partial charge in [0.1, 0.15) is 0 Å². The molecule has 0 aromatic heterocycles. The number of cyclic esters (lactones) is 1. The first-order chi connectivity index (χ1) is 11.4. The zero-order valence-corrected chi connectivity index (χ0v) is 17.0. The maximum atomic E-state index is 13.3. The zero-order valence-electron chi connectivity index (χ0n) is 14.4. The molecule has 7 heteroatoms. The molecule has 1 atom stereocenters. The summed E-state index contributed by atoms with van der Waals surface area (Å²) in [5, 5.41) is -1.32. The van der Waals surface area contributed by atoms with Gasteiger partial charge < -0.3 is 0 Å². The summed E-state index contributed by atoms with van der Waals surface area (Å²) in [5.41, 5.74) is 0.518. The van der Waals surface area contributed by atoms with Crippen LogP contribution in [0.5, 0.6) is 0 Å². The van der Waals surface area contributed by atoms with E-state index in [0.29, 0.717) is 12.0 Å². The van der Waals surface area contributed by atoms with E-state index in [1.165, 1.54) is 14.2 Å². The molecule has 0 saturated heterocycles. The van der Waals surface area contributed by atoms with E-state index in [2.05, 4.69) is 0 Å². The van der Waals surface area contributed by atoms with E-state index in [9.17, 15) is 9.36 Å². The Hall–Kier alpha value is -0.901. The van der Waals surface area contributed by atoms with Gasteiger partial charge in [-0.2, -0.15) is 0 Å². The average molecular weight is 417 g/mol. The quantitative estimate of drug-likeness (QED) is 0.369. The van der Waals surface area contributed by atoms with Crippen molar-refractivity contribution in [1.29, 1.82) is 0 Å². The molecule has 24 heavy (non-hydrogen) atoms. The van der Waals surface area contributed by atoms with E-state index in [4.69, 9.17) is 13.8 Å². The minimum atomic E-state index is -3.64. The number of esters is 1. The molecular weight excluding hydrogens is 394 g/mol. The first-order valence-electron chi connectivity index (χ1n) is 7.83. The summed E-state index contributed by atoms with van der Waals surface area (Å²) in [6, 6.07) is 9.84. The number of rotatable bonds is 8. The van der Waals surface area contributed by atoms with E-state index < -0.39 is 18.9 Å². The van der Waals surface area contributed by atoms with Crippen LogP contribution in [0.3, 0.4) is 0 Å². The molecule has 1 aliphatic rings. The van der Waals surface area contributed by atoms with E-state index in [1.807, 2.05) is 37.3 Å². The molecule has 1 unspecified atom stereocenters. The van der Waals surface area contributed by atoms with Crippen molar-refractivity contribution in [3.63, 3.8) is 0 Å². The molecule has 0 aliphatic carbocycles. The summed E-state index contributed by atoms with van der Waals surface area (Å²) >= 11 is -0.210. The van der Waals surface area contributed by atoms with Crippen LogP contribution < -0.4 is 4.46 Å². The molecular formula is C17H23O5PSe. The monoisotopic (exact) mass is 418 g/mol. The SMILES string of the molecule is CCCCC1(P(=O)(OC)OC)OC(=O)C(C)=C1[Se]c1ccccc1.